The average Bonchev–Trinajstić information content (AvgIpc) is 3.02. The summed E-state index contributed by atoms with van der Waals surface area (Å²) in [7, 11) is 0. The molecule has 2 aliphatic rings. The summed E-state index contributed by atoms with van der Waals surface area (Å²) in [6.07, 6.45) is 7.03. The highest BCUT2D eigenvalue weighted by Crippen LogP contribution is 2.16. The predicted molar refractivity (Wildman–Crippen MR) is 77.8 cm³/mol. The van der Waals surface area contributed by atoms with Crippen LogP contribution < -0.4 is 4.90 Å². The van der Waals surface area contributed by atoms with Crippen molar-refractivity contribution in [2.24, 2.45) is 0 Å². The number of thiophene rings is 1. The third-order valence-corrected chi connectivity index (χ3v) is 5.47. The monoisotopic (exact) mass is 279 g/mol. The van der Waals surface area contributed by atoms with Crippen LogP contribution in [0.4, 0.5) is 0 Å². The second-order valence-corrected chi connectivity index (χ2v) is 6.71. The van der Waals surface area contributed by atoms with Crippen LogP contribution in [-0.4, -0.2) is 43.0 Å². The maximum absolute atomic E-state index is 12.3. The number of hydrogen-bond donors (Lipinski definition) is 1. The molecule has 0 bridgehead atoms. The molecule has 4 heteroatoms. The molecule has 3 rings (SSSR count). The minimum Gasteiger partial charge on any atom is -0.330 e. The Morgan fingerprint density at radius 3 is 2.58 bits per heavy atom. The third-order valence-electron chi connectivity index (χ3n) is 4.61. The molecule has 1 amide bonds. The average molecular weight is 279 g/mol. The van der Waals surface area contributed by atoms with E-state index < -0.39 is 0 Å². The Balaban J connectivity index is 1.53. The first kappa shape index (κ1) is 13.1. The van der Waals surface area contributed by atoms with Crippen molar-refractivity contribution in [2.45, 2.75) is 38.1 Å². The van der Waals surface area contributed by atoms with Crippen molar-refractivity contribution in [3.63, 3.8) is 0 Å². The van der Waals surface area contributed by atoms with E-state index in [-0.39, 0.29) is 5.91 Å². The Bertz CT molecular complexity index is 404. The van der Waals surface area contributed by atoms with Gasteiger partial charge >= 0.3 is 0 Å². The third kappa shape index (κ3) is 3.00. The first-order valence-electron chi connectivity index (χ1n) is 7.52. The Morgan fingerprint density at radius 2 is 1.95 bits per heavy atom. The summed E-state index contributed by atoms with van der Waals surface area (Å²) >= 11 is 1.56. The summed E-state index contributed by atoms with van der Waals surface area (Å²) in [5.41, 5.74) is 0. The standard InChI is InChI=1S/C15H22N2OS/c18-15(14-7-4-12-19-14)17-10-8-16(9-11-17)13-5-2-1-3-6-13/h4,7,12-13H,1-3,5-6,8-11H2/p+1. The number of hydrogen-bond acceptors (Lipinski definition) is 2. The lowest BCUT2D eigenvalue weighted by atomic mass is 9.94. The van der Waals surface area contributed by atoms with Crippen LogP contribution in [0.3, 0.4) is 0 Å². The fourth-order valence-corrected chi connectivity index (χ4v) is 4.16. The zero-order valence-corrected chi connectivity index (χ0v) is 12.3. The minimum absolute atomic E-state index is 0.234. The highest BCUT2D eigenvalue weighted by Gasteiger charge is 2.30. The summed E-state index contributed by atoms with van der Waals surface area (Å²) in [6, 6.07) is 4.77. The van der Waals surface area contributed by atoms with Crippen molar-refractivity contribution in [2.75, 3.05) is 26.2 Å². The molecule has 2 heterocycles. The van der Waals surface area contributed by atoms with Gasteiger partial charge in [-0.05, 0) is 37.1 Å². The van der Waals surface area contributed by atoms with Gasteiger partial charge in [0, 0.05) is 0 Å². The van der Waals surface area contributed by atoms with Gasteiger partial charge in [-0.3, -0.25) is 4.79 Å². The normalized spacial score (nSPS) is 22.6. The molecule has 3 nitrogen and oxygen atoms in total. The largest absolute Gasteiger partial charge is 0.330 e. The van der Waals surface area contributed by atoms with Gasteiger partial charge in [0.15, 0.2) is 0 Å². The first-order chi connectivity index (χ1) is 9.34. The van der Waals surface area contributed by atoms with Crippen LogP contribution in [0.5, 0.6) is 0 Å². The van der Waals surface area contributed by atoms with Crippen molar-refractivity contribution in [1.29, 1.82) is 0 Å². The summed E-state index contributed by atoms with van der Waals surface area (Å²) in [6.45, 7) is 4.15. The van der Waals surface area contributed by atoms with Gasteiger partial charge in [0.25, 0.3) is 5.91 Å². The SMILES string of the molecule is O=C(c1cccs1)N1CC[NH+](C2CCCCC2)CC1. The molecule has 1 aliphatic carbocycles. The first-order valence-corrected chi connectivity index (χ1v) is 8.40. The highest BCUT2D eigenvalue weighted by molar-refractivity contribution is 7.12. The molecule has 1 N–H and O–H groups in total. The molecule has 104 valence electrons. The molecule has 19 heavy (non-hydrogen) atoms. The lowest BCUT2D eigenvalue weighted by Gasteiger charge is -2.37. The van der Waals surface area contributed by atoms with Crippen molar-refractivity contribution in [3.05, 3.63) is 22.4 Å². The molecular weight excluding hydrogens is 256 g/mol. The predicted octanol–water partition coefficient (Wildman–Crippen LogP) is 1.42. The number of rotatable bonds is 2. The van der Waals surface area contributed by atoms with Gasteiger partial charge in [0.1, 0.15) is 0 Å². The van der Waals surface area contributed by atoms with Crippen LogP contribution in [0.25, 0.3) is 0 Å². The highest BCUT2D eigenvalue weighted by atomic mass is 32.1. The van der Waals surface area contributed by atoms with Gasteiger partial charge in [-0.1, -0.05) is 12.5 Å². The van der Waals surface area contributed by atoms with Gasteiger partial charge < -0.3 is 9.80 Å². The van der Waals surface area contributed by atoms with Crippen LogP contribution in [0.2, 0.25) is 0 Å². The molecule has 1 saturated carbocycles. The van der Waals surface area contributed by atoms with Gasteiger partial charge in [0.2, 0.25) is 0 Å². The Hall–Kier alpha value is -0.870. The summed E-state index contributed by atoms with van der Waals surface area (Å²) < 4.78 is 0. The smallest absolute Gasteiger partial charge is 0.264 e. The van der Waals surface area contributed by atoms with Gasteiger partial charge in [0.05, 0.1) is 37.1 Å². The molecule has 0 spiro atoms. The van der Waals surface area contributed by atoms with Crippen molar-refractivity contribution in [1.82, 2.24) is 4.90 Å². The van der Waals surface area contributed by atoms with Gasteiger partial charge in [-0.15, -0.1) is 11.3 Å². The van der Waals surface area contributed by atoms with E-state index in [0.717, 1.165) is 37.1 Å². The Kier molecular flexibility index (Phi) is 4.18. The maximum atomic E-state index is 12.3. The number of nitrogens with one attached hydrogen (secondary N) is 1. The topological polar surface area (TPSA) is 24.8 Å². The summed E-state index contributed by atoms with van der Waals surface area (Å²) in [4.78, 5) is 16.9. The van der Waals surface area contributed by atoms with Crippen molar-refractivity contribution in [3.8, 4) is 0 Å². The lowest BCUT2D eigenvalue weighted by Crippen LogP contribution is -3.18. The fraction of sp³-hybridized carbons (Fsp3) is 0.667. The summed E-state index contributed by atoms with van der Waals surface area (Å²) in [5.74, 6) is 0.234. The number of carbonyl (C=O) groups is 1. The number of nitrogens with zero attached hydrogens (tertiary/aromatic N) is 1. The van der Waals surface area contributed by atoms with E-state index in [1.807, 2.05) is 22.4 Å². The van der Waals surface area contributed by atoms with Crippen LogP contribution in [0.1, 0.15) is 41.8 Å². The molecule has 1 aliphatic heterocycles. The molecule has 1 aromatic rings. The van der Waals surface area contributed by atoms with E-state index in [2.05, 4.69) is 0 Å². The van der Waals surface area contributed by atoms with E-state index in [9.17, 15) is 4.79 Å². The number of carbonyl (C=O) groups excluding carboxylic acids is 1. The van der Waals surface area contributed by atoms with E-state index in [1.54, 1.807) is 16.2 Å². The van der Waals surface area contributed by atoms with E-state index in [1.165, 1.54) is 32.1 Å². The Labute approximate surface area is 119 Å². The second kappa shape index (κ2) is 6.06. The minimum atomic E-state index is 0.234. The van der Waals surface area contributed by atoms with Crippen LogP contribution in [-0.2, 0) is 0 Å². The van der Waals surface area contributed by atoms with Crippen LogP contribution in [0.15, 0.2) is 17.5 Å². The number of piperazine rings is 1. The van der Waals surface area contributed by atoms with Crippen LogP contribution >= 0.6 is 11.3 Å². The van der Waals surface area contributed by atoms with E-state index in [0.29, 0.717) is 0 Å². The molecule has 0 unspecified atom stereocenters. The molecular formula is C15H23N2OS+. The van der Waals surface area contributed by atoms with Crippen LogP contribution in [0, 0.1) is 0 Å². The molecule has 1 aromatic heterocycles. The van der Waals surface area contributed by atoms with Gasteiger partial charge in [-0.2, -0.15) is 0 Å². The summed E-state index contributed by atoms with van der Waals surface area (Å²) in [5, 5.41) is 1.98. The fourth-order valence-electron chi connectivity index (χ4n) is 3.47. The van der Waals surface area contributed by atoms with Crippen molar-refractivity contribution < 1.29 is 9.69 Å². The zero-order valence-electron chi connectivity index (χ0n) is 11.4. The van der Waals surface area contributed by atoms with Crippen molar-refractivity contribution >= 4 is 17.2 Å². The number of quaternary nitrogens is 1. The number of amides is 1. The molecule has 1 saturated heterocycles. The second-order valence-electron chi connectivity index (χ2n) is 5.76. The molecule has 0 radical (unpaired) electrons. The lowest BCUT2D eigenvalue weighted by molar-refractivity contribution is -0.930. The van der Waals surface area contributed by atoms with E-state index in [4.69, 9.17) is 0 Å². The molecule has 2 fully saturated rings. The van der Waals surface area contributed by atoms with E-state index >= 15 is 0 Å². The molecule has 0 aromatic carbocycles. The maximum Gasteiger partial charge on any atom is 0.264 e. The Morgan fingerprint density at radius 1 is 1.21 bits per heavy atom. The quantitative estimate of drug-likeness (QED) is 0.870. The molecule has 0 atom stereocenters. The zero-order chi connectivity index (χ0) is 13.1. The van der Waals surface area contributed by atoms with Gasteiger partial charge in [-0.25, -0.2) is 0 Å².